The van der Waals surface area contributed by atoms with E-state index in [-0.39, 0.29) is 27.1 Å². The molecule has 1 fully saturated rings. The first-order chi connectivity index (χ1) is 12.8. The highest BCUT2D eigenvalue weighted by Gasteiger charge is 2.31. The van der Waals surface area contributed by atoms with Gasteiger partial charge in [0.15, 0.2) is 0 Å². The van der Waals surface area contributed by atoms with Gasteiger partial charge in [-0.3, -0.25) is 4.79 Å². The van der Waals surface area contributed by atoms with E-state index in [2.05, 4.69) is 5.32 Å². The summed E-state index contributed by atoms with van der Waals surface area (Å²) >= 11 is 6.13. The van der Waals surface area contributed by atoms with E-state index in [1.807, 2.05) is 6.92 Å². The summed E-state index contributed by atoms with van der Waals surface area (Å²) in [7, 11) is -3.82. The fourth-order valence-electron chi connectivity index (χ4n) is 3.10. The van der Waals surface area contributed by atoms with Crippen LogP contribution in [0.15, 0.2) is 47.4 Å². The molecule has 1 amide bonds. The molecule has 1 aliphatic heterocycles. The Bertz CT molecular complexity index is 965. The van der Waals surface area contributed by atoms with Crippen molar-refractivity contribution in [3.63, 3.8) is 0 Å². The van der Waals surface area contributed by atoms with Crippen molar-refractivity contribution in [2.24, 2.45) is 5.92 Å². The van der Waals surface area contributed by atoms with E-state index in [0.717, 1.165) is 12.8 Å². The van der Waals surface area contributed by atoms with Gasteiger partial charge in [0.25, 0.3) is 5.91 Å². The Morgan fingerprint density at radius 1 is 1.26 bits per heavy atom. The zero-order valence-electron chi connectivity index (χ0n) is 14.8. The molecule has 27 heavy (non-hydrogen) atoms. The van der Waals surface area contributed by atoms with Gasteiger partial charge < -0.3 is 5.32 Å². The first-order valence-corrected chi connectivity index (χ1v) is 10.5. The number of benzene rings is 2. The number of para-hydroxylation sites is 1. The lowest BCUT2D eigenvalue weighted by atomic mass is 10.0. The molecule has 144 valence electrons. The molecule has 1 heterocycles. The number of hydrogen-bond donors (Lipinski definition) is 1. The summed E-state index contributed by atoms with van der Waals surface area (Å²) in [6, 6.07) is 9.79. The number of piperidine rings is 1. The van der Waals surface area contributed by atoms with Gasteiger partial charge in [0.1, 0.15) is 10.7 Å². The number of hydrogen-bond acceptors (Lipinski definition) is 3. The van der Waals surface area contributed by atoms with E-state index in [4.69, 9.17) is 11.6 Å². The summed E-state index contributed by atoms with van der Waals surface area (Å²) in [6.45, 7) is 2.85. The average Bonchev–Trinajstić information content (AvgIpc) is 2.63. The smallest absolute Gasteiger partial charge is 0.255 e. The lowest BCUT2D eigenvalue weighted by Crippen LogP contribution is -2.39. The van der Waals surface area contributed by atoms with E-state index in [0.29, 0.717) is 13.1 Å². The Kier molecular flexibility index (Phi) is 5.83. The van der Waals surface area contributed by atoms with Crippen LogP contribution in [0, 0.1) is 11.7 Å². The van der Waals surface area contributed by atoms with E-state index >= 15 is 0 Å². The normalized spacial score (nSPS) is 18.3. The van der Waals surface area contributed by atoms with Crippen LogP contribution in [-0.2, 0) is 10.0 Å². The Balaban J connectivity index is 1.90. The number of carbonyl (C=O) groups is 1. The monoisotopic (exact) mass is 410 g/mol. The first kappa shape index (κ1) is 19.8. The Hall–Kier alpha value is -1.96. The minimum atomic E-state index is -3.82. The molecule has 1 aliphatic rings. The average molecular weight is 411 g/mol. The maximum absolute atomic E-state index is 13.7. The molecule has 5 nitrogen and oxygen atoms in total. The quantitative estimate of drug-likeness (QED) is 0.823. The van der Waals surface area contributed by atoms with Crippen LogP contribution in [0.5, 0.6) is 0 Å². The van der Waals surface area contributed by atoms with E-state index in [1.54, 1.807) is 6.07 Å². The second-order valence-electron chi connectivity index (χ2n) is 6.69. The van der Waals surface area contributed by atoms with Crippen LogP contribution in [0.4, 0.5) is 10.1 Å². The molecule has 2 aromatic carbocycles. The van der Waals surface area contributed by atoms with Crippen molar-refractivity contribution in [1.82, 2.24) is 4.31 Å². The van der Waals surface area contributed by atoms with Crippen LogP contribution in [0.2, 0.25) is 5.02 Å². The summed E-state index contributed by atoms with van der Waals surface area (Å²) in [4.78, 5) is 12.3. The molecule has 1 N–H and O–H groups in total. The number of nitrogens with zero attached hydrogens (tertiary/aromatic N) is 1. The second-order valence-corrected chi connectivity index (χ2v) is 9.00. The molecular weight excluding hydrogens is 391 g/mol. The topological polar surface area (TPSA) is 66.5 Å². The number of nitrogens with one attached hydrogen (secondary N) is 1. The standard InChI is InChI=1S/C19H20ClFN2O3S/c1-13-5-4-10-23(12-13)27(25,26)18-11-14(8-9-15(18)20)19(24)22-17-7-3-2-6-16(17)21/h2-3,6-9,11,13H,4-5,10,12H2,1H3,(H,22,24)/t13-/m1/s1. The Morgan fingerprint density at radius 3 is 2.70 bits per heavy atom. The van der Waals surface area contributed by atoms with Crippen molar-refractivity contribution >= 4 is 33.2 Å². The first-order valence-electron chi connectivity index (χ1n) is 8.64. The fraction of sp³-hybridized carbons (Fsp3) is 0.316. The third kappa shape index (κ3) is 4.31. The minimum absolute atomic E-state index is 0.0201. The van der Waals surface area contributed by atoms with E-state index in [9.17, 15) is 17.6 Å². The van der Waals surface area contributed by atoms with Gasteiger partial charge in [-0.05, 0) is 49.1 Å². The lowest BCUT2D eigenvalue weighted by Gasteiger charge is -2.30. The molecule has 0 spiro atoms. The van der Waals surface area contributed by atoms with E-state index < -0.39 is 21.7 Å². The predicted octanol–water partition coefficient (Wildman–Crippen LogP) is 4.15. The molecule has 3 rings (SSSR count). The SMILES string of the molecule is C[C@@H]1CCCN(S(=O)(=O)c2cc(C(=O)Nc3ccccc3F)ccc2Cl)C1. The van der Waals surface area contributed by atoms with Crippen molar-refractivity contribution in [2.75, 3.05) is 18.4 Å². The number of sulfonamides is 1. The molecule has 0 radical (unpaired) electrons. The molecule has 0 bridgehead atoms. The maximum atomic E-state index is 13.7. The minimum Gasteiger partial charge on any atom is -0.319 e. The van der Waals surface area contributed by atoms with Crippen molar-refractivity contribution in [3.05, 3.63) is 58.9 Å². The largest absolute Gasteiger partial charge is 0.319 e. The molecule has 0 unspecified atom stereocenters. The molecule has 2 aromatic rings. The van der Waals surface area contributed by atoms with Crippen LogP contribution in [0.25, 0.3) is 0 Å². The molecule has 0 aliphatic carbocycles. The summed E-state index contributed by atoms with van der Waals surface area (Å²) in [6.07, 6.45) is 1.76. The number of rotatable bonds is 4. The van der Waals surface area contributed by atoms with Gasteiger partial charge in [-0.1, -0.05) is 30.7 Å². The highest BCUT2D eigenvalue weighted by Crippen LogP contribution is 2.29. The van der Waals surface area contributed by atoms with Crippen LogP contribution in [0.3, 0.4) is 0 Å². The van der Waals surface area contributed by atoms with Gasteiger partial charge in [-0.25, -0.2) is 12.8 Å². The number of amides is 1. The third-order valence-electron chi connectivity index (χ3n) is 4.55. The fourth-order valence-corrected chi connectivity index (χ4v) is 5.20. The van der Waals surface area contributed by atoms with Gasteiger partial charge in [0, 0.05) is 18.7 Å². The van der Waals surface area contributed by atoms with Crippen LogP contribution in [0.1, 0.15) is 30.1 Å². The summed E-state index contributed by atoms with van der Waals surface area (Å²) in [5.41, 5.74) is 0.109. The second kappa shape index (κ2) is 7.96. The van der Waals surface area contributed by atoms with Crippen molar-refractivity contribution in [3.8, 4) is 0 Å². The number of anilines is 1. The highest BCUT2D eigenvalue weighted by atomic mass is 35.5. The maximum Gasteiger partial charge on any atom is 0.255 e. The third-order valence-corrected chi connectivity index (χ3v) is 6.90. The molecule has 0 aromatic heterocycles. The van der Waals surface area contributed by atoms with Crippen molar-refractivity contribution < 1.29 is 17.6 Å². The van der Waals surface area contributed by atoms with Gasteiger partial charge in [-0.2, -0.15) is 4.31 Å². The van der Waals surface area contributed by atoms with Crippen LogP contribution in [-0.4, -0.2) is 31.7 Å². The number of carbonyl (C=O) groups excluding carboxylic acids is 1. The van der Waals surface area contributed by atoms with E-state index in [1.165, 1.54) is 40.7 Å². The lowest BCUT2D eigenvalue weighted by molar-refractivity contribution is 0.102. The van der Waals surface area contributed by atoms with Crippen LogP contribution >= 0.6 is 11.6 Å². The van der Waals surface area contributed by atoms with Crippen molar-refractivity contribution in [2.45, 2.75) is 24.7 Å². The molecule has 1 saturated heterocycles. The molecule has 1 atom stereocenters. The summed E-state index contributed by atoms with van der Waals surface area (Å²) in [5, 5.41) is 2.50. The van der Waals surface area contributed by atoms with Crippen LogP contribution < -0.4 is 5.32 Å². The predicted molar refractivity (Wildman–Crippen MR) is 103 cm³/mol. The molecule has 0 saturated carbocycles. The van der Waals surface area contributed by atoms with Gasteiger partial charge >= 0.3 is 0 Å². The Morgan fingerprint density at radius 2 is 2.00 bits per heavy atom. The molecule has 8 heteroatoms. The molecular formula is C19H20ClFN2O3S. The van der Waals surface area contributed by atoms with Gasteiger partial charge in [-0.15, -0.1) is 0 Å². The summed E-state index contributed by atoms with van der Waals surface area (Å²) < 4.78 is 41.1. The number of halogens is 2. The summed E-state index contributed by atoms with van der Waals surface area (Å²) in [5.74, 6) is -0.921. The highest BCUT2D eigenvalue weighted by molar-refractivity contribution is 7.89. The zero-order valence-corrected chi connectivity index (χ0v) is 16.4. The Labute approximate surface area is 163 Å². The van der Waals surface area contributed by atoms with Gasteiger partial charge in [0.05, 0.1) is 10.7 Å². The van der Waals surface area contributed by atoms with Crippen molar-refractivity contribution in [1.29, 1.82) is 0 Å². The van der Waals surface area contributed by atoms with Gasteiger partial charge in [0.2, 0.25) is 10.0 Å². The zero-order chi connectivity index (χ0) is 19.6.